The third kappa shape index (κ3) is 5.71. The smallest absolute Gasteiger partial charge is 0.119 e. The molecule has 0 spiro atoms. The van der Waals surface area contributed by atoms with Gasteiger partial charge in [0.1, 0.15) is 12.4 Å². The van der Waals surface area contributed by atoms with E-state index >= 15 is 0 Å². The largest absolute Gasteiger partial charge is 0.492 e. The van der Waals surface area contributed by atoms with Gasteiger partial charge in [-0.05, 0) is 32.5 Å². The van der Waals surface area contributed by atoms with E-state index in [2.05, 4.69) is 11.8 Å². The first-order chi connectivity index (χ1) is 8.11. The van der Waals surface area contributed by atoms with Gasteiger partial charge < -0.3 is 14.7 Å². The van der Waals surface area contributed by atoms with Crippen molar-refractivity contribution in [3.8, 4) is 5.75 Å². The second kappa shape index (κ2) is 7.30. The van der Waals surface area contributed by atoms with Gasteiger partial charge in [-0.3, -0.25) is 0 Å². The molecule has 0 amide bonds. The fourth-order valence-corrected chi connectivity index (χ4v) is 1.53. The molecule has 1 rings (SSSR count). The summed E-state index contributed by atoms with van der Waals surface area (Å²) in [6.07, 6.45) is 0.558. The van der Waals surface area contributed by atoms with E-state index in [1.807, 2.05) is 38.2 Å². The number of aryl methyl sites for hydroxylation is 1. The Morgan fingerprint density at radius 3 is 2.53 bits per heavy atom. The fourth-order valence-electron chi connectivity index (χ4n) is 1.53. The number of aliphatic hydroxyl groups excluding tert-OH is 1. The molecule has 1 aromatic rings. The van der Waals surface area contributed by atoms with Gasteiger partial charge in [-0.2, -0.15) is 0 Å². The highest BCUT2D eigenvalue weighted by molar-refractivity contribution is 5.26. The van der Waals surface area contributed by atoms with Crippen LogP contribution < -0.4 is 4.74 Å². The van der Waals surface area contributed by atoms with Crippen LogP contribution in [-0.2, 0) is 0 Å². The molecule has 3 heteroatoms. The lowest BCUT2D eigenvalue weighted by Gasteiger charge is -2.19. The molecular weight excluding hydrogens is 214 g/mol. The van der Waals surface area contributed by atoms with Crippen molar-refractivity contribution >= 4 is 0 Å². The Kier molecular flexibility index (Phi) is 6.01. The molecule has 17 heavy (non-hydrogen) atoms. The SMILES string of the molecule is CCC(O)CN(C)CCOc1ccc(C)cc1. The number of ether oxygens (including phenoxy) is 1. The molecule has 0 radical (unpaired) electrons. The van der Waals surface area contributed by atoms with Crippen molar-refractivity contribution in [2.75, 3.05) is 26.7 Å². The summed E-state index contributed by atoms with van der Waals surface area (Å²) in [6, 6.07) is 8.05. The second-order valence-corrected chi connectivity index (χ2v) is 4.49. The van der Waals surface area contributed by atoms with Gasteiger partial charge in [0.05, 0.1) is 6.10 Å². The average Bonchev–Trinajstić information content (AvgIpc) is 2.31. The molecule has 1 aromatic carbocycles. The molecule has 0 aliphatic heterocycles. The predicted molar refractivity (Wildman–Crippen MR) is 70.5 cm³/mol. The molecule has 0 aliphatic rings. The third-order valence-corrected chi connectivity index (χ3v) is 2.76. The Morgan fingerprint density at radius 1 is 1.29 bits per heavy atom. The molecule has 0 saturated heterocycles. The monoisotopic (exact) mass is 237 g/mol. The maximum absolute atomic E-state index is 9.49. The van der Waals surface area contributed by atoms with Crippen LogP contribution in [0.5, 0.6) is 5.75 Å². The second-order valence-electron chi connectivity index (χ2n) is 4.49. The molecule has 0 saturated carbocycles. The Balaban J connectivity index is 2.21. The zero-order valence-corrected chi connectivity index (χ0v) is 11.0. The molecule has 1 N–H and O–H groups in total. The van der Waals surface area contributed by atoms with Crippen LogP contribution in [-0.4, -0.2) is 42.9 Å². The van der Waals surface area contributed by atoms with Gasteiger partial charge >= 0.3 is 0 Å². The third-order valence-electron chi connectivity index (χ3n) is 2.76. The van der Waals surface area contributed by atoms with Crippen LogP contribution >= 0.6 is 0 Å². The van der Waals surface area contributed by atoms with E-state index in [0.29, 0.717) is 13.2 Å². The molecule has 0 aromatic heterocycles. The maximum Gasteiger partial charge on any atom is 0.119 e. The van der Waals surface area contributed by atoms with Gasteiger partial charge in [0.25, 0.3) is 0 Å². The van der Waals surface area contributed by atoms with Crippen LogP contribution in [0.1, 0.15) is 18.9 Å². The van der Waals surface area contributed by atoms with Gasteiger partial charge in [-0.15, -0.1) is 0 Å². The number of nitrogens with zero attached hydrogens (tertiary/aromatic N) is 1. The molecule has 1 unspecified atom stereocenters. The van der Waals surface area contributed by atoms with Crippen molar-refractivity contribution < 1.29 is 9.84 Å². The van der Waals surface area contributed by atoms with Crippen molar-refractivity contribution in [3.05, 3.63) is 29.8 Å². The molecule has 0 heterocycles. The summed E-state index contributed by atoms with van der Waals surface area (Å²) >= 11 is 0. The van der Waals surface area contributed by atoms with E-state index in [4.69, 9.17) is 4.74 Å². The number of rotatable bonds is 7. The van der Waals surface area contributed by atoms with E-state index < -0.39 is 0 Å². The highest BCUT2D eigenvalue weighted by Gasteiger charge is 2.05. The minimum Gasteiger partial charge on any atom is -0.492 e. The molecular formula is C14H23NO2. The van der Waals surface area contributed by atoms with Gasteiger partial charge in [0.15, 0.2) is 0 Å². The summed E-state index contributed by atoms with van der Waals surface area (Å²) in [5.74, 6) is 0.903. The van der Waals surface area contributed by atoms with Crippen molar-refractivity contribution in [2.45, 2.75) is 26.4 Å². The first-order valence-electron chi connectivity index (χ1n) is 6.18. The summed E-state index contributed by atoms with van der Waals surface area (Å²) < 4.78 is 5.62. The van der Waals surface area contributed by atoms with E-state index in [9.17, 15) is 5.11 Å². The van der Waals surface area contributed by atoms with Crippen molar-refractivity contribution in [2.24, 2.45) is 0 Å². The summed E-state index contributed by atoms with van der Waals surface area (Å²) in [4.78, 5) is 2.09. The Labute approximate surface area is 104 Å². The average molecular weight is 237 g/mol. The van der Waals surface area contributed by atoms with Gasteiger partial charge in [0.2, 0.25) is 0 Å². The lowest BCUT2D eigenvalue weighted by atomic mass is 10.2. The van der Waals surface area contributed by atoms with Crippen LogP contribution in [0.15, 0.2) is 24.3 Å². The van der Waals surface area contributed by atoms with Crippen LogP contribution in [0.25, 0.3) is 0 Å². The van der Waals surface area contributed by atoms with Gasteiger partial charge in [0, 0.05) is 13.1 Å². The number of likely N-dealkylation sites (N-methyl/N-ethyl adjacent to an activating group) is 1. The van der Waals surface area contributed by atoms with Crippen molar-refractivity contribution in [1.29, 1.82) is 0 Å². The molecule has 96 valence electrons. The van der Waals surface area contributed by atoms with Crippen LogP contribution in [0.2, 0.25) is 0 Å². The molecule has 0 aliphatic carbocycles. The zero-order valence-electron chi connectivity index (χ0n) is 11.0. The summed E-state index contributed by atoms with van der Waals surface area (Å²) in [5, 5.41) is 9.49. The van der Waals surface area contributed by atoms with Crippen molar-refractivity contribution in [3.63, 3.8) is 0 Å². The summed E-state index contributed by atoms with van der Waals surface area (Å²) in [6.45, 7) is 6.22. The predicted octanol–water partition coefficient (Wildman–Crippen LogP) is 2.08. The zero-order chi connectivity index (χ0) is 12.7. The van der Waals surface area contributed by atoms with Crippen LogP contribution in [0, 0.1) is 6.92 Å². The van der Waals surface area contributed by atoms with E-state index in [0.717, 1.165) is 18.7 Å². The topological polar surface area (TPSA) is 32.7 Å². The molecule has 1 atom stereocenters. The Hall–Kier alpha value is -1.06. The first-order valence-corrected chi connectivity index (χ1v) is 6.18. The van der Waals surface area contributed by atoms with E-state index in [1.165, 1.54) is 5.56 Å². The summed E-state index contributed by atoms with van der Waals surface area (Å²) in [7, 11) is 2.00. The maximum atomic E-state index is 9.49. The normalized spacial score (nSPS) is 12.8. The molecule has 3 nitrogen and oxygen atoms in total. The van der Waals surface area contributed by atoms with Crippen LogP contribution in [0.4, 0.5) is 0 Å². The highest BCUT2D eigenvalue weighted by Crippen LogP contribution is 2.11. The minimum absolute atomic E-state index is 0.237. The first kappa shape index (κ1) is 14.0. The van der Waals surface area contributed by atoms with Crippen LogP contribution in [0.3, 0.4) is 0 Å². The quantitative estimate of drug-likeness (QED) is 0.788. The number of aliphatic hydroxyl groups is 1. The number of hydrogen-bond acceptors (Lipinski definition) is 3. The van der Waals surface area contributed by atoms with E-state index in [-0.39, 0.29) is 6.10 Å². The highest BCUT2D eigenvalue weighted by atomic mass is 16.5. The van der Waals surface area contributed by atoms with Gasteiger partial charge in [-0.25, -0.2) is 0 Å². The lowest BCUT2D eigenvalue weighted by molar-refractivity contribution is 0.114. The molecule has 0 fully saturated rings. The van der Waals surface area contributed by atoms with E-state index in [1.54, 1.807) is 0 Å². The standard InChI is InChI=1S/C14H23NO2/c1-4-13(16)11-15(3)9-10-17-14-7-5-12(2)6-8-14/h5-8,13,16H,4,9-11H2,1-3H3. The molecule has 0 bridgehead atoms. The fraction of sp³-hybridized carbons (Fsp3) is 0.571. The van der Waals surface area contributed by atoms with Gasteiger partial charge in [-0.1, -0.05) is 24.6 Å². The lowest BCUT2D eigenvalue weighted by Crippen LogP contribution is -2.31. The number of hydrogen-bond donors (Lipinski definition) is 1. The minimum atomic E-state index is -0.237. The van der Waals surface area contributed by atoms with Crippen molar-refractivity contribution in [1.82, 2.24) is 4.90 Å². The Bertz CT molecular complexity index is 311. The Morgan fingerprint density at radius 2 is 1.94 bits per heavy atom. The summed E-state index contributed by atoms with van der Waals surface area (Å²) in [5.41, 5.74) is 1.24. The number of benzene rings is 1.